The molecule has 7 nitrogen and oxygen atoms in total. The van der Waals surface area contributed by atoms with Gasteiger partial charge in [0.25, 0.3) is 0 Å². The Bertz CT molecular complexity index is 306. The third kappa shape index (κ3) is 9.01. The lowest BCUT2D eigenvalue weighted by atomic mass is 10.1. The number of carboxylic acid groups (broad SMARTS) is 1. The molecular formula is C12H22N2O5. The molecule has 0 aromatic carbocycles. The first-order valence-corrected chi connectivity index (χ1v) is 6.30. The van der Waals surface area contributed by atoms with Gasteiger partial charge >= 0.3 is 11.9 Å². The fourth-order valence-corrected chi connectivity index (χ4v) is 1.49. The molecule has 110 valence electrons. The molecule has 0 rings (SSSR count). The highest BCUT2D eigenvalue weighted by atomic mass is 16.5. The van der Waals surface area contributed by atoms with Crippen molar-refractivity contribution in [3.05, 3.63) is 0 Å². The Balaban J connectivity index is 4.01. The highest BCUT2D eigenvalue weighted by molar-refractivity contribution is 5.83. The van der Waals surface area contributed by atoms with E-state index >= 15 is 0 Å². The largest absolute Gasteiger partial charge is 0.480 e. The molecule has 0 heterocycles. The second-order valence-electron chi connectivity index (χ2n) is 4.17. The minimum absolute atomic E-state index is 0.0244. The van der Waals surface area contributed by atoms with Crippen LogP contribution in [0.4, 0.5) is 0 Å². The number of rotatable bonds is 10. The van der Waals surface area contributed by atoms with E-state index in [9.17, 15) is 14.4 Å². The summed E-state index contributed by atoms with van der Waals surface area (Å²) in [5.41, 5.74) is 5.32. The molecule has 0 fully saturated rings. The summed E-state index contributed by atoms with van der Waals surface area (Å²) in [5.74, 6) is -1.98. The van der Waals surface area contributed by atoms with Crippen LogP contribution in [0.25, 0.3) is 0 Å². The van der Waals surface area contributed by atoms with E-state index in [0.717, 1.165) is 12.8 Å². The lowest BCUT2D eigenvalue weighted by molar-refractivity contribution is -0.144. The number of carboxylic acids is 1. The Labute approximate surface area is 112 Å². The highest BCUT2D eigenvalue weighted by Gasteiger charge is 2.20. The van der Waals surface area contributed by atoms with Gasteiger partial charge in [0.15, 0.2) is 0 Å². The summed E-state index contributed by atoms with van der Waals surface area (Å²) >= 11 is 0. The van der Waals surface area contributed by atoms with Crippen molar-refractivity contribution in [2.75, 3.05) is 13.7 Å². The number of esters is 1. The van der Waals surface area contributed by atoms with Crippen LogP contribution in [-0.4, -0.2) is 42.6 Å². The van der Waals surface area contributed by atoms with E-state index in [2.05, 4.69) is 10.1 Å². The number of amides is 1. The number of unbranched alkanes of at least 4 members (excludes halogenated alkanes) is 2. The molecule has 0 saturated carbocycles. The number of aliphatic carboxylic acids is 1. The van der Waals surface area contributed by atoms with Crippen LogP contribution in [0, 0.1) is 0 Å². The minimum Gasteiger partial charge on any atom is -0.480 e. The summed E-state index contributed by atoms with van der Waals surface area (Å²) in [6, 6.07) is -1.05. The van der Waals surface area contributed by atoms with Crippen LogP contribution >= 0.6 is 0 Å². The summed E-state index contributed by atoms with van der Waals surface area (Å²) in [6.07, 6.45) is 2.60. The number of nitrogens with two attached hydrogens (primary N) is 1. The number of hydrogen-bond acceptors (Lipinski definition) is 5. The van der Waals surface area contributed by atoms with Gasteiger partial charge in [-0.25, -0.2) is 4.79 Å². The summed E-state index contributed by atoms with van der Waals surface area (Å²) in [7, 11) is 1.23. The molecule has 0 spiro atoms. The van der Waals surface area contributed by atoms with Crippen LogP contribution in [0.2, 0.25) is 0 Å². The van der Waals surface area contributed by atoms with Gasteiger partial charge in [-0.2, -0.15) is 0 Å². The summed E-state index contributed by atoms with van der Waals surface area (Å²) < 4.78 is 4.42. The van der Waals surface area contributed by atoms with Crippen molar-refractivity contribution in [1.82, 2.24) is 5.32 Å². The predicted molar refractivity (Wildman–Crippen MR) is 68.3 cm³/mol. The maximum absolute atomic E-state index is 11.5. The number of carbonyl (C=O) groups excluding carboxylic acids is 2. The van der Waals surface area contributed by atoms with Crippen LogP contribution in [0.1, 0.15) is 38.5 Å². The Morgan fingerprint density at radius 2 is 1.89 bits per heavy atom. The fraction of sp³-hybridized carbons (Fsp3) is 0.750. The number of hydrogen-bond donors (Lipinski definition) is 3. The second-order valence-corrected chi connectivity index (χ2v) is 4.17. The van der Waals surface area contributed by atoms with Gasteiger partial charge in [-0.3, -0.25) is 9.59 Å². The molecule has 0 radical (unpaired) electrons. The number of ether oxygens (including phenoxy) is 1. The van der Waals surface area contributed by atoms with Gasteiger partial charge in [-0.1, -0.05) is 6.42 Å². The Morgan fingerprint density at radius 1 is 1.21 bits per heavy atom. The molecule has 19 heavy (non-hydrogen) atoms. The van der Waals surface area contributed by atoms with Crippen molar-refractivity contribution in [3.8, 4) is 0 Å². The van der Waals surface area contributed by atoms with E-state index in [1.807, 2.05) is 0 Å². The molecule has 1 amide bonds. The Morgan fingerprint density at radius 3 is 2.42 bits per heavy atom. The van der Waals surface area contributed by atoms with E-state index in [4.69, 9.17) is 10.8 Å². The maximum atomic E-state index is 11.5. The lowest BCUT2D eigenvalue weighted by Gasteiger charge is -2.13. The van der Waals surface area contributed by atoms with Crippen molar-refractivity contribution in [2.45, 2.75) is 44.6 Å². The fourth-order valence-electron chi connectivity index (χ4n) is 1.49. The smallest absolute Gasteiger partial charge is 0.326 e. The molecule has 4 N–H and O–H groups in total. The molecule has 1 atom stereocenters. The minimum atomic E-state index is -1.15. The van der Waals surface area contributed by atoms with Gasteiger partial charge in [0.2, 0.25) is 5.91 Å². The summed E-state index contributed by atoms with van der Waals surface area (Å²) in [4.78, 5) is 33.4. The molecule has 0 aliphatic carbocycles. The average Bonchev–Trinajstić information content (AvgIpc) is 2.38. The Kier molecular flexibility index (Phi) is 9.42. The lowest BCUT2D eigenvalue weighted by Crippen LogP contribution is -2.41. The van der Waals surface area contributed by atoms with Gasteiger partial charge in [-0.15, -0.1) is 0 Å². The van der Waals surface area contributed by atoms with Gasteiger partial charge in [0.05, 0.1) is 7.11 Å². The molecule has 0 aliphatic rings. The summed E-state index contributed by atoms with van der Waals surface area (Å²) in [6.45, 7) is 0.582. The van der Waals surface area contributed by atoms with Crippen molar-refractivity contribution >= 4 is 17.8 Å². The number of methoxy groups -OCH3 is 1. The van der Waals surface area contributed by atoms with Gasteiger partial charge in [0.1, 0.15) is 6.04 Å². The van der Waals surface area contributed by atoms with Gasteiger partial charge in [0, 0.05) is 12.8 Å². The van der Waals surface area contributed by atoms with Crippen LogP contribution in [0.15, 0.2) is 0 Å². The molecule has 0 aliphatic heterocycles. The standard InChI is InChI=1S/C12H22N2O5/c1-19-11(16)7-6-9(12(17)18)14-10(15)5-3-2-4-8-13/h9H,2-8,13H2,1H3,(H,14,15)(H,17,18)/t9-/m0/s1. The molecule has 0 unspecified atom stereocenters. The van der Waals surface area contributed by atoms with E-state index in [0.29, 0.717) is 13.0 Å². The first kappa shape index (κ1) is 17.4. The molecule has 0 bridgehead atoms. The van der Waals surface area contributed by atoms with Gasteiger partial charge in [-0.05, 0) is 25.8 Å². The van der Waals surface area contributed by atoms with Crippen molar-refractivity contribution in [2.24, 2.45) is 5.73 Å². The second kappa shape index (κ2) is 10.3. The molecule has 7 heteroatoms. The van der Waals surface area contributed by atoms with Crippen LogP contribution in [-0.2, 0) is 19.1 Å². The number of carbonyl (C=O) groups is 3. The average molecular weight is 274 g/mol. The van der Waals surface area contributed by atoms with E-state index in [-0.39, 0.29) is 25.2 Å². The normalized spacial score (nSPS) is 11.7. The summed E-state index contributed by atoms with van der Waals surface area (Å²) in [5, 5.41) is 11.3. The predicted octanol–water partition coefficient (Wildman–Crippen LogP) is 0.0281. The monoisotopic (exact) mass is 274 g/mol. The van der Waals surface area contributed by atoms with Crippen molar-refractivity contribution in [1.29, 1.82) is 0 Å². The third-order valence-electron chi connectivity index (χ3n) is 2.61. The molecule has 0 saturated heterocycles. The topological polar surface area (TPSA) is 119 Å². The quantitative estimate of drug-likeness (QED) is 0.382. The SMILES string of the molecule is COC(=O)CC[C@H](NC(=O)CCCCCN)C(=O)O. The van der Waals surface area contributed by atoms with Crippen molar-refractivity contribution < 1.29 is 24.2 Å². The van der Waals surface area contributed by atoms with Crippen LogP contribution in [0.3, 0.4) is 0 Å². The van der Waals surface area contributed by atoms with Gasteiger partial charge < -0.3 is 20.9 Å². The molecule has 0 aromatic heterocycles. The molecule has 0 aromatic rings. The highest BCUT2D eigenvalue weighted by Crippen LogP contribution is 2.03. The zero-order valence-corrected chi connectivity index (χ0v) is 11.2. The van der Waals surface area contributed by atoms with E-state index in [1.165, 1.54) is 7.11 Å². The first-order valence-electron chi connectivity index (χ1n) is 6.30. The van der Waals surface area contributed by atoms with Crippen LogP contribution < -0.4 is 11.1 Å². The van der Waals surface area contributed by atoms with Crippen LogP contribution in [0.5, 0.6) is 0 Å². The van der Waals surface area contributed by atoms with E-state index in [1.54, 1.807) is 0 Å². The molecular weight excluding hydrogens is 252 g/mol. The zero-order valence-electron chi connectivity index (χ0n) is 11.2. The zero-order chi connectivity index (χ0) is 14.7. The van der Waals surface area contributed by atoms with E-state index < -0.39 is 18.0 Å². The number of nitrogens with one attached hydrogen (secondary N) is 1. The third-order valence-corrected chi connectivity index (χ3v) is 2.61. The van der Waals surface area contributed by atoms with Crippen molar-refractivity contribution in [3.63, 3.8) is 0 Å². The maximum Gasteiger partial charge on any atom is 0.326 e. The Hall–Kier alpha value is -1.63. The first-order chi connectivity index (χ1) is 9.01.